The van der Waals surface area contributed by atoms with Crippen LogP contribution in [0.25, 0.3) is 0 Å². The Morgan fingerprint density at radius 2 is 1.89 bits per heavy atom. The summed E-state index contributed by atoms with van der Waals surface area (Å²) in [5, 5.41) is 2.87. The Balaban J connectivity index is 2.00. The summed E-state index contributed by atoms with van der Waals surface area (Å²) in [6, 6.07) is 13.8. The standard InChI is InChI=1S/C16H14FNO/c1-12-7-8-14(11-15(12)17)18-10-9-16(19)13-5-3-2-4-6-13/h2-11,18H,1H3/b10-9-. The molecule has 0 aromatic heterocycles. The zero-order chi connectivity index (χ0) is 13.7. The van der Waals surface area contributed by atoms with Crippen LogP contribution in [0.3, 0.4) is 0 Å². The zero-order valence-electron chi connectivity index (χ0n) is 10.6. The fraction of sp³-hybridized carbons (Fsp3) is 0.0625. The number of halogens is 1. The average Bonchev–Trinajstić information content (AvgIpc) is 2.43. The van der Waals surface area contributed by atoms with Gasteiger partial charge in [0.25, 0.3) is 0 Å². The normalized spacial score (nSPS) is 10.6. The Morgan fingerprint density at radius 1 is 1.16 bits per heavy atom. The number of allylic oxidation sites excluding steroid dienone is 1. The number of carbonyl (C=O) groups is 1. The maximum Gasteiger partial charge on any atom is 0.187 e. The highest BCUT2D eigenvalue weighted by molar-refractivity contribution is 6.04. The molecule has 0 fully saturated rings. The molecule has 0 bridgehead atoms. The van der Waals surface area contributed by atoms with Crippen molar-refractivity contribution in [3.63, 3.8) is 0 Å². The Morgan fingerprint density at radius 3 is 2.58 bits per heavy atom. The van der Waals surface area contributed by atoms with Crippen LogP contribution in [0.2, 0.25) is 0 Å². The Kier molecular flexibility index (Phi) is 4.08. The summed E-state index contributed by atoms with van der Waals surface area (Å²) >= 11 is 0. The first-order chi connectivity index (χ1) is 9.16. The molecule has 0 amide bonds. The molecule has 2 aromatic carbocycles. The van der Waals surface area contributed by atoms with Crippen LogP contribution in [0.1, 0.15) is 15.9 Å². The van der Waals surface area contributed by atoms with E-state index in [1.165, 1.54) is 18.3 Å². The van der Waals surface area contributed by atoms with Crippen molar-refractivity contribution in [2.45, 2.75) is 6.92 Å². The van der Waals surface area contributed by atoms with Crippen LogP contribution in [0, 0.1) is 12.7 Å². The van der Waals surface area contributed by atoms with Gasteiger partial charge < -0.3 is 5.32 Å². The Labute approximate surface area is 111 Å². The third-order valence-corrected chi connectivity index (χ3v) is 2.71. The van der Waals surface area contributed by atoms with E-state index in [2.05, 4.69) is 5.32 Å². The molecular formula is C16H14FNO. The molecule has 1 N–H and O–H groups in total. The second kappa shape index (κ2) is 5.96. The fourth-order valence-corrected chi connectivity index (χ4v) is 1.59. The minimum atomic E-state index is -0.271. The van der Waals surface area contributed by atoms with Gasteiger partial charge in [-0.3, -0.25) is 4.79 Å². The van der Waals surface area contributed by atoms with E-state index in [1.54, 1.807) is 31.2 Å². The topological polar surface area (TPSA) is 29.1 Å². The number of hydrogen-bond acceptors (Lipinski definition) is 2. The van der Waals surface area contributed by atoms with E-state index in [0.717, 1.165) is 0 Å². The maximum absolute atomic E-state index is 13.3. The average molecular weight is 255 g/mol. The molecular weight excluding hydrogens is 241 g/mol. The van der Waals surface area contributed by atoms with Gasteiger partial charge in [0, 0.05) is 23.5 Å². The largest absolute Gasteiger partial charge is 0.361 e. The smallest absolute Gasteiger partial charge is 0.187 e. The molecule has 2 aromatic rings. The summed E-state index contributed by atoms with van der Waals surface area (Å²) in [6.07, 6.45) is 2.94. The SMILES string of the molecule is Cc1ccc(N/C=C\C(=O)c2ccccc2)cc1F. The van der Waals surface area contributed by atoms with E-state index in [0.29, 0.717) is 16.8 Å². The number of benzene rings is 2. The number of nitrogens with one attached hydrogen (secondary N) is 1. The molecule has 2 nitrogen and oxygen atoms in total. The van der Waals surface area contributed by atoms with Crippen molar-refractivity contribution in [3.8, 4) is 0 Å². The second-order valence-corrected chi connectivity index (χ2v) is 4.17. The predicted molar refractivity (Wildman–Crippen MR) is 74.7 cm³/mol. The monoisotopic (exact) mass is 255 g/mol. The number of rotatable bonds is 4. The molecule has 0 saturated heterocycles. The third-order valence-electron chi connectivity index (χ3n) is 2.71. The molecule has 0 aliphatic rings. The first-order valence-electron chi connectivity index (χ1n) is 5.95. The van der Waals surface area contributed by atoms with Crippen LogP contribution in [-0.4, -0.2) is 5.78 Å². The van der Waals surface area contributed by atoms with E-state index in [1.807, 2.05) is 18.2 Å². The molecule has 0 unspecified atom stereocenters. The van der Waals surface area contributed by atoms with Crippen molar-refractivity contribution in [2.24, 2.45) is 0 Å². The van der Waals surface area contributed by atoms with Gasteiger partial charge in [0.1, 0.15) is 5.82 Å². The predicted octanol–water partition coefficient (Wildman–Crippen LogP) is 3.94. The van der Waals surface area contributed by atoms with Gasteiger partial charge >= 0.3 is 0 Å². The summed E-state index contributed by atoms with van der Waals surface area (Å²) in [4.78, 5) is 11.8. The highest BCUT2D eigenvalue weighted by atomic mass is 19.1. The van der Waals surface area contributed by atoms with Gasteiger partial charge in [0.15, 0.2) is 5.78 Å². The van der Waals surface area contributed by atoms with Gasteiger partial charge in [-0.2, -0.15) is 0 Å². The molecule has 0 aliphatic heterocycles. The van der Waals surface area contributed by atoms with E-state index < -0.39 is 0 Å². The molecule has 2 rings (SSSR count). The van der Waals surface area contributed by atoms with E-state index in [9.17, 15) is 9.18 Å². The quantitative estimate of drug-likeness (QED) is 0.662. The molecule has 0 heterocycles. The number of aryl methyl sites for hydroxylation is 1. The van der Waals surface area contributed by atoms with E-state index in [4.69, 9.17) is 0 Å². The minimum absolute atomic E-state index is 0.0966. The summed E-state index contributed by atoms with van der Waals surface area (Å²) in [5.41, 5.74) is 1.82. The van der Waals surface area contributed by atoms with Gasteiger partial charge in [0.05, 0.1) is 0 Å². The van der Waals surface area contributed by atoms with Gasteiger partial charge in [-0.1, -0.05) is 36.4 Å². The van der Waals surface area contributed by atoms with Crippen molar-refractivity contribution in [3.05, 3.63) is 77.8 Å². The van der Waals surface area contributed by atoms with Crippen LogP contribution in [0.4, 0.5) is 10.1 Å². The first-order valence-corrected chi connectivity index (χ1v) is 5.95. The van der Waals surface area contributed by atoms with Crippen LogP contribution in [-0.2, 0) is 0 Å². The fourth-order valence-electron chi connectivity index (χ4n) is 1.59. The molecule has 19 heavy (non-hydrogen) atoms. The van der Waals surface area contributed by atoms with Crippen molar-refractivity contribution in [1.29, 1.82) is 0 Å². The summed E-state index contributed by atoms with van der Waals surface area (Å²) < 4.78 is 13.3. The molecule has 3 heteroatoms. The van der Waals surface area contributed by atoms with Crippen LogP contribution in [0.5, 0.6) is 0 Å². The van der Waals surface area contributed by atoms with E-state index in [-0.39, 0.29) is 11.6 Å². The maximum atomic E-state index is 13.3. The van der Waals surface area contributed by atoms with Crippen molar-refractivity contribution < 1.29 is 9.18 Å². The molecule has 0 spiro atoms. The highest BCUT2D eigenvalue weighted by Crippen LogP contribution is 2.13. The third kappa shape index (κ3) is 3.52. The minimum Gasteiger partial charge on any atom is -0.361 e. The molecule has 0 radical (unpaired) electrons. The van der Waals surface area contributed by atoms with E-state index >= 15 is 0 Å². The number of hydrogen-bond donors (Lipinski definition) is 1. The van der Waals surface area contributed by atoms with Crippen LogP contribution in [0.15, 0.2) is 60.8 Å². The van der Waals surface area contributed by atoms with Crippen LogP contribution < -0.4 is 5.32 Å². The van der Waals surface area contributed by atoms with Gasteiger partial charge in [0.2, 0.25) is 0 Å². The summed E-state index contributed by atoms with van der Waals surface area (Å²) in [6.45, 7) is 1.70. The van der Waals surface area contributed by atoms with Crippen molar-refractivity contribution >= 4 is 11.5 Å². The molecule has 0 atom stereocenters. The molecule has 0 saturated carbocycles. The lowest BCUT2D eigenvalue weighted by atomic mass is 10.1. The zero-order valence-corrected chi connectivity index (χ0v) is 10.6. The first kappa shape index (κ1) is 13.0. The Bertz CT molecular complexity index is 605. The van der Waals surface area contributed by atoms with Crippen molar-refractivity contribution in [1.82, 2.24) is 0 Å². The summed E-state index contributed by atoms with van der Waals surface area (Å²) in [5.74, 6) is -0.367. The number of ketones is 1. The lowest BCUT2D eigenvalue weighted by Gasteiger charge is -2.02. The van der Waals surface area contributed by atoms with Crippen LogP contribution >= 0.6 is 0 Å². The second-order valence-electron chi connectivity index (χ2n) is 4.17. The Hall–Kier alpha value is -2.42. The number of anilines is 1. The van der Waals surface area contributed by atoms with Gasteiger partial charge in [-0.25, -0.2) is 4.39 Å². The summed E-state index contributed by atoms with van der Waals surface area (Å²) in [7, 11) is 0. The molecule has 96 valence electrons. The highest BCUT2D eigenvalue weighted by Gasteiger charge is 2.00. The van der Waals surface area contributed by atoms with Crippen molar-refractivity contribution in [2.75, 3.05) is 5.32 Å². The van der Waals surface area contributed by atoms with Gasteiger partial charge in [-0.05, 0) is 24.6 Å². The van der Waals surface area contributed by atoms with Gasteiger partial charge in [-0.15, -0.1) is 0 Å². The lowest BCUT2D eigenvalue weighted by molar-refractivity contribution is 0.104. The number of carbonyl (C=O) groups excluding carboxylic acids is 1. The lowest BCUT2D eigenvalue weighted by Crippen LogP contribution is -1.96. The molecule has 0 aliphatic carbocycles.